The molecule has 0 spiro atoms. The van der Waals surface area contributed by atoms with Crippen molar-refractivity contribution in [1.29, 1.82) is 0 Å². The molecule has 0 aliphatic heterocycles. The average Bonchev–Trinajstić information content (AvgIpc) is 2.35. The van der Waals surface area contributed by atoms with E-state index in [4.69, 9.17) is 17.3 Å². The zero-order valence-electron chi connectivity index (χ0n) is 10.2. The van der Waals surface area contributed by atoms with Crippen molar-refractivity contribution in [2.45, 2.75) is 19.4 Å². The van der Waals surface area contributed by atoms with Gasteiger partial charge in [0.05, 0.1) is 0 Å². The van der Waals surface area contributed by atoms with E-state index in [0.717, 1.165) is 5.56 Å². The van der Waals surface area contributed by atoms with Crippen molar-refractivity contribution in [3.8, 4) is 0 Å². The molecule has 0 radical (unpaired) electrons. The van der Waals surface area contributed by atoms with E-state index in [1.165, 1.54) is 0 Å². The first kappa shape index (κ1) is 13.1. The van der Waals surface area contributed by atoms with E-state index >= 15 is 0 Å². The van der Waals surface area contributed by atoms with Crippen molar-refractivity contribution in [3.63, 3.8) is 0 Å². The lowest BCUT2D eigenvalue weighted by molar-refractivity contribution is 0.573. The second-order valence-electron chi connectivity index (χ2n) is 4.38. The SMILES string of the molecule is Cc1cccc(C(N)Cc2ccccc2Cl)c1F. The summed E-state index contributed by atoms with van der Waals surface area (Å²) in [6.45, 7) is 1.74. The summed E-state index contributed by atoms with van der Waals surface area (Å²) in [5.41, 5.74) is 8.15. The summed E-state index contributed by atoms with van der Waals surface area (Å²) < 4.78 is 13.9. The van der Waals surface area contributed by atoms with Crippen LogP contribution >= 0.6 is 11.6 Å². The Balaban J connectivity index is 2.25. The number of rotatable bonds is 3. The predicted molar refractivity (Wildman–Crippen MR) is 73.2 cm³/mol. The molecule has 0 saturated heterocycles. The molecule has 2 aromatic rings. The number of benzene rings is 2. The highest BCUT2D eigenvalue weighted by atomic mass is 35.5. The van der Waals surface area contributed by atoms with E-state index in [2.05, 4.69) is 0 Å². The second kappa shape index (κ2) is 5.51. The van der Waals surface area contributed by atoms with E-state index in [0.29, 0.717) is 22.6 Å². The van der Waals surface area contributed by atoms with Crippen LogP contribution < -0.4 is 5.73 Å². The van der Waals surface area contributed by atoms with Crippen molar-refractivity contribution >= 4 is 11.6 Å². The molecule has 1 atom stereocenters. The fourth-order valence-electron chi connectivity index (χ4n) is 1.97. The summed E-state index contributed by atoms with van der Waals surface area (Å²) in [6.07, 6.45) is 0.528. The van der Waals surface area contributed by atoms with Gasteiger partial charge >= 0.3 is 0 Å². The van der Waals surface area contributed by atoms with Gasteiger partial charge < -0.3 is 5.73 Å². The summed E-state index contributed by atoms with van der Waals surface area (Å²) >= 11 is 6.08. The Hall–Kier alpha value is -1.38. The van der Waals surface area contributed by atoms with Gasteiger partial charge in [-0.05, 0) is 30.5 Å². The molecule has 1 unspecified atom stereocenters. The summed E-state index contributed by atoms with van der Waals surface area (Å²) in [5, 5.41) is 0.668. The number of nitrogens with two attached hydrogens (primary N) is 1. The molecule has 3 heteroatoms. The van der Waals surface area contributed by atoms with Gasteiger partial charge in [0.2, 0.25) is 0 Å². The Bertz CT molecular complexity index is 554. The summed E-state index contributed by atoms with van der Waals surface area (Å²) in [6, 6.07) is 12.4. The third-order valence-electron chi connectivity index (χ3n) is 3.02. The highest BCUT2D eigenvalue weighted by Gasteiger charge is 2.14. The van der Waals surface area contributed by atoms with Crippen molar-refractivity contribution in [2.24, 2.45) is 5.73 Å². The lowest BCUT2D eigenvalue weighted by Gasteiger charge is -2.15. The quantitative estimate of drug-likeness (QED) is 0.889. The number of hydrogen-bond acceptors (Lipinski definition) is 1. The van der Waals surface area contributed by atoms with Gasteiger partial charge in [0, 0.05) is 16.6 Å². The van der Waals surface area contributed by atoms with Crippen LogP contribution in [-0.4, -0.2) is 0 Å². The maximum Gasteiger partial charge on any atom is 0.130 e. The molecule has 0 aliphatic rings. The van der Waals surface area contributed by atoms with Crippen LogP contribution in [0.5, 0.6) is 0 Å². The molecule has 0 bridgehead atoms. The fraction of sp³-hybridized carbons (Fsp3) is 0.200. The lowest BCUT2D eigenvalue weighted by Crippen LogP contribution is -2.15. The lowest BCUT2D eigenvalue weighted by atomic mass is 9.98. The molecule has 0 aromatic heterocycles. The Morgan fingerprint density at radius 1 is 1.17 bits per heavy atom. The number of hydrogen-bond donors (Lipinski definition) is 1. The topological polar surface area (TPSA) is 26.0 Å². The van der Waals surface area contributed by atoms with Gasteiger partial charge in [-0.2, -0.15) is 0 Å². The van der Waals surface area contributed by atoms with Gasteiger partial charge in [0.15, 0.2) is 0 Å². The van der Waals surface area contributed by atoms with E-state index in [9.17, 15) is 4.39 Å². The Morgan fingerprint density at radius 3 is 2.61 bits per heavy atom. The maximum atomic E-state index is 13.9. The van der Waals surface area contributed by atoms with Crippen LogP contribution in [0.4, 0.5) is 4.39 Å². The van der Waals surface area contributed by atoms with Crippen LogP contribution in [-0.2, 0) is 6.42 Å². The number of halogens is 2. The highest BCUT2D eigenvalue weighted by Crippen LogP contribution is 2.24. The zero-order valence-corrected chi connectivity index (χ0v) is 10.9. The van der Waals surface area contributed by atoms with E-state index in [1.807, 2.05) is 30.3 Å². The second-order valence-corrected chi connectivity index (χ2v) is 4.79. The van der Waals surface area contributed by atoms with Crippen LogP contribution in [0, 0.1) is 12.7 Å². The van der Waals surface area contributed by atoms with E-state index in [1.54, 1.807) is 19.1 Å². The van der Waals surface area contributed by atoms with Gasteiger partial charge in [-0.3, -0.25) is 0 Å². The first-order valence-electron chi connectivity index (χ1n) is 5.83. The molecule has 0 fully saturated rings. The molecule has 2 aromatic carbocycles. The van der Waals surface area contributed by atoms with Gasteiger partial charge in [0.25, 0.3) is 0 Å². The predicted octanol–water partition coefficient (Wildman–Crippen LogP) is 4.03. The van der Waals surface area contributed by atoms with Crippen molar-refractivity contribution in [3.05, 3.63) is 70.0 Å². The van der Waals surface area contributed by atoms with Gasteiger partial charge in [-0.1, -0.05) is 48.0 Å². The minimum absolute atomic E-state index is 0.225. The van der Waals surface area contributed by atoms with Crippen molar-refractivity contribution in [1.82, 2.24) is 0 Å². The minimum atomic E-state index is -0.384. The van der Waals surface area contributed by atoms with Crippen LogP contribution in [0.2, 0.25) is 5.02 Å². The molecular weight excluding hydrogens is 249 g/mol. The van der Waals surface area contributed by atoms with Crippen molar-refractivity contribution in [2.75, 3.05) is 0 Å². The maximum absolute atomic E-state index is 13.9. The average molecular weight is 264 g/mol. The molecule has 0 saturated carbocycles. The summed E-state index contributed by atoms with van der Waals surface area (Å²) in [5.74, 6) is -0.225. The first-order valence-corrected chi connectivity index (χ1v) is 6.21. The van der Waals surface area contributed by atoms with E-state index in [-0.39, 0.29) is 11.9 Å². The Kier molecular flexibility index (Phi) is 4.00. The van der Waals surface area contributed by atoms with Gasteiger partial charge in [0.1, 0.15) is 5.82 Å². The molecule has 0 heterocycles. The molecule has 1 nitrogen and oxygen atoms in total. The smallest absolute Gasteiger partial charge is 0.130 e. The molecular formula is C15H15ClFN. The normalized spacial score (nSPS) is 12.4. The molecule has 2 N–H and O–H groups in total. The third-order valence-corrected chi connectivity index (χ3v) is 3.39. The molecule has 0 aliphatic carbocycles. The minimum Gasteiger partial charge on any atom is -0.324 e. The molecule has 0 amide bonds. The van der Waals surface area contributed by atoms with Crippen LogP contribution in [0.25, 0.3) is 0 Å². The van der Waals surface area contributed by atoms with Crippen LogP contribution in [0.3, 0.4) is 0 Å². The first-order chi connectivity index (χ1) is 8.59. The van der Waals surface area contributed by atoms with Crippen LogP contribution in [0.15, 0.2) is 42.5 Å². The molecule has 18 heavy (non-hydrogen) atoms. The van der Waals surface area contributed by atoms with E-state index < -0.39 is 0 Å². The molecule has 2 rings (SSSR count). The third kappa shape index (κ3) is 2.71. The van der Waals surface area contributed by atoms with Gasteiger partial charge in [-0.25, -0.2) is 4.39 Å². The fourth-order valence-corrected chi connectivity index (χ4v) is 2.18. The van der Waals surface area contributed by atoms with Crippen LogP contribution in [0.1, 0.15) is 22.7 Å². The summed E-state index contributed by atoms with van der Waals surface area (Å²) in [7, 11) is 0. The van der Waals surface area contributed by atoms with Gasteiger partial charge in [-0.15, -0.1) is 0 Å². The summed E-state index contributed by atoms with van der Waals surface area (Å²) in [4.78, 5) is 0. The largest absolute Gasteiger partial charge is 0.324 e. The zero-order chi connectivity index (χ0) is 13.1. The standard InChI is InChI=1S/C15H15ClFN/c1-10-5-4-7-12(15(10)17)14(18)9-11-6-2-3-8-13(11)16/h2-8,14H,9,18H2,1H3. The molecule has 94 valence electrons. The monoisotopic (exact) mass is 263 g/mol. The highest BCUT2D eigenvalue weighted by molar-refractivity contribution is 6.31. The number of aryl methyl sites for hydroxylation is 1. The van der Waals surface area contributed by atoms with Crippen molar-refractivity contribution < 1.29 is 4.39 Å². The Labute approximate surface area is 111 Å². The Morgan fingerprint density at radius 2 is 1.89 bits per heavy atom.